The molecule has 3 rings (SSSR count). The summed E-state index contributed by atoms with van der Waals surface area (Å²) in [6.07, 6.45) is -0.0447. The predicted molar refractivity (Wildman–Crippen MR) is 97.4 cm³/mol. The molecule has 0 atom stereocenters. The van der Waals surface area contributed by atoms with E-state index in [2.05, 4.69) is 14.5 Å². The normalized spacial score (nSPS) is 15.7. The van der Waals surface area contributed by atoms with Crippen LogP contribution in [0.1, 0.15) is 33.9 Å². The number of ether oxygens (including phenoxy) is 2. The highest BCUT2D eigenvalue weighted by molar-refractivity contribution is 7.90. The number of sulfonamides is 1. The Morgan fingerprint density at radius 2 is 2.00 bits per heavy atom. The van der Waals surface area contributed by atoms with Crippen LogP contribution in [0.5, 0.6) is 0 Å². The molecule has 9 nitrogen and oxygen atoms in total. The second-order valence-electron chi connectivity index (χ2n) is 5.92. The third-order valence-corrected chi connectivity index (χ3v) is 5.40. The van der Waals surface area contributed by atoms with Gasteiger partial charge in [0, 0.05) is 5.56 Å². The molecule has 0 bridgehead atoms. The van der Waals surface area contributed by atoms with Crippen LogP contribution in [0, 0.1) is 6.92 Å². The van der Waals surface area contributed by atoms with E-state index in [-0.39, 0.29) is 35.9 Å². The van der Waals surface area contributed by atoms with Gasteiger partial charge in [0.1, 0.15) is 29.5 Å². The minimum Gasteiger partial charge on any atom is -0.465 e. The Morgan fingerprint density at radius 3 is 2.75 bits per heavy atom. The number of hydrogen-bond donors (Lipinski definition) is 1. The van der Waals surface area contributed by atoms with Crippen molar-refractivity contribution >= 4 is 27.8 Å². The lowest BCUT2D eigenvalue weighted by atomic mass is 10.2. The van der Waals surface area contributed by atoms with Gasteiger partial charge in [-0.3, -0.25) is 14.5 Å². The molecule has 1 aliphatic heterocycles. The summed E-state index contributed by atoms with van der Waals surface area (Å²) in [7, 11) is -2.35. The Labute approximate surface area is 161 Å². The summed E-state index contributed by atoms with van der Waals surface area (Å²) in [5.41, 5.74) is 0.740. The molecular weight excluding hydrogens is 388 g/mol. The average molecular weight is 406 g/mol. The smallest absolute Gasteiger partial charge is 0.341 e. The molecule has 2 aromatic rings. The van der Waals surface area contributed by atoms with Gasteiger partial charge in [0.15, 0.2) is 0 Å². The van der Waals surface area contributed by atoms with Gasteiger partial charge < -0.3 is 13.9 Å². The van der Waals surface area contributed by atoms with Crippen LogP contribution in [0.2, 0.25) is 0 Å². The number of fused-ring (bicyclic) bond motifs is 1. The number of aryl methyl sites for hydroxylation is 1. The summed E-state index contributed by atoms with van der Waals surface area (Å²) in [6, 6.07) is 7.92. The van der Waals surface area contributed by atoms with Crippen LogP contribution in [0.25, 0.3) is 0 Å². The maximum Gasteiger partial charge on any atom is 0.341 e. The Hall–Kier alpha value is -3.14. The summed E-state index contributed by atoms with van der Waals surface area (Å²) < 4.78 is 41.4. The number of furan rings is 1. The van der Waals surface area contributed by atoms with Crippen molar-refractivity contribution in [1.82, 2.24) is 4.72 Å². The minimum absolute atomic E-state index is 0.0447. The Morgan fingerprint density at radius 1 is 1.25 bits per heavy atom. The molecule has 1 N–H and O–H groups in total. The zero-order valence-corrected chi connectivity index (χ0v) is 16.0. The molecule has 0 fully saturated rings. The Bertz CT molecular complexity index is 1050. The first-order valence-electron chi connectivity index (χ1n) is 8.31. The molecular formula is C18H18N2O7S. The summed E-state index contributed by atoms with van der Waals surface area (Å²) in [6.45, 7) is 1.52. The zero-order chi connectivity index (χ0) is 20.3. The van der Waals surface area contributed by atoms with E-state index >= 15 is 0 Å². The molecule has 1 aromatic heterocycles. The van der Waals surface area contributed by atoms with E-state index in [0.717, 1.165) is 0 Å². The Balaban J connectivity index is 1.55. The van der Waals surface area contributed by atoms with E-state index in [1.807, 2.05) is 0 Å². The van der Waals surface area contributed by atoms with Gasteiger partial charge in [-0.2, -0.15) is 0 Å². The summed E-state index contributed by atoms with van der Waals surface area (Å²) in [4.78, 5) is 27.7. The summed E-state index contributed by atoms with van der Waals surface area (Å²) in [5, 5.41) is 0. The van der Waals surface area contributed by atoms with E-state index in [1.54, 1.807) is 25.1 Å². The van der Waals surface area contributed by atoms with E-state index in [1.165, 1.54) is 19.2 Å². The van der Waals surface area contributed by atoms with Gasteiger partial charge in [-0.05, 0) is 25.1 Å². The second-order valence-corrected chi connectivity index (χ2v) is 7.57. The first-order chi connectivity index (χ1) is 13.3. The summed E-state index contributed by atoms with van der Waals surface area (Å²) >= 11 is 0. The number of nitrogens with zero attached hydrogens (tertiary/aromatic N) is 1. The van der Waals surface area contributed by atoms with Crippen molar-refractivity contribution in [3.05, 3.63) is 53.0 Å². The van der Waals surface area contributed by atoms with Crippen molar-refractivity contribution in [2.45, 2.75) is 24.8 Å². The van der Waals surface area contributed by atoms with Crippen molar-refractivity contribution in [2.75, 3.05) is 13.7 Å². The molecule has 0 aliphatic carbocycles. The molecule has 0 radical (unpaired) electrons. The number of aliphatic imine (C=N–C) groups is 1. The maximum absolute atomic E-state index is 12.0. The van der Waals surface area contributed by atoms with Crippen LogP contribution in [0.15, 0.2) is 44.6 Å². The summed E-state index contributed by atoms with van der Waals surface area (Å²) in [5.74, 6) is -0.180. The molecule has 0 saturated carbocycles. The number of benzene rings is 1. The fourth-order valence-corrected chi connectivity index (χ4v) is 3.91. The van der Waals surface area contributed by atoms with E-state index in [4.69, 9.17) is 9.15 Å². The number of hydrogen-bond acceptors (Lipinski definition) is 8. The number of nitrogens with one attached hydrogen (secondary N) is 1. The van der Waals surface area contributed by atoms with Gasteiger partial charge >= 0.3 is 11.9 Å². The highest BCUT2D eigenvalue weighted by Gasteiger charge is 2.30. The van der Waals surface area contributed by atoms with Gasteiger partial charge in [-0.25, -0.2) is 13.2 Å². The van der Waals surface area contributed by atoms with Crippen LogP contribution in [-0.2, 0) is 30.9 Å². The SMILES string of the molecule is COC(=O)c1cc(COC(=O)CCN=C2NS(=O)(=O)c3ccccc32)oc1C. The van der Waals surface area contributed by atoms with Crippen molar-refractivity contribution in [3.63, 3.8) is 0 Å². The monoisotopic (exact) mass is 406 g/mol. The number of methoxy groups -OCH3 is 1. The number of carbonyl (C=O) groups is 2. The number of amidine groups is 1. The van der Waals surface area contributed by atoms with Gasteiger partial charge in [0.2, 0.25) is 0 Å². The molecule has 0 spiro atoms. The van der Waals surface area contributed by atoms with Crippen LogP contribution in [0.3, 0.4) is 0 Å². The van der Waals surface area contributed by atoms with Crippen LogP contribution >= 0.6 is 0 Å². The Kier molecular flexibility index (Phi) is 5.50. The molecule has 0 unspecified atom stereocenters. The van der Waals surface area contributed by atoms with E-state index in [0.29, 0.717) is 17.1 Å². The van der Waals surface area contributed by atoms with Gasteiger partial charge in [-0.15, -0.1) is 0 Å². The lowest BCUT2D eigenvalue weighted by Crippen LogP contribution is -2.22. The number of rotatable bonds is 6. The molecule has 1 aromatic carbocycles. The van der Waals surface area contributed by atoms with Crippen molar-refractivity contribution < 1.29 is 31.9 Å². The average Bonchev–Trinajstić information content (AvgIpc) is 3.17. The van der Waals surface area contributed by atoms with E-state index in [9.17, 15) is 18.0 Å². The van der Waals surface area contributed by atoms with Gasteiger partial charge in [0.25, 0.3) is 10.0 Å². The number of esters is 2. The fraction of sp³-hybridized carbons (Fsp3) is 0.278. The van der Waals surface area contributed by atoms with Gasteiger partial charge in [0.05, 0.1) is 25.0 Å². The standard InChI is InChI=1S/C18H18N2O7S/c1-11-14(18(22)25-2)9-12(27-11)10-26-16(21)7-8-19-17-13-5-3-4-6-15(13)28(23,24)20-17/h3-6,9H,7-8,10H2,1-2H3,(H,19,20). The predicted octanol–water partition coefficient (Wildman–Crippen LogP) is 1.55. The molecule has 0 saturated heterocycles. The molecule has 2 heterocycles. The zero-order valence-electron chi connectivity index (χ0n) is 15.2. The van der Waals surface area contributed by atoms with Crippen molar-refractivity contribution in [3.8, 4) is 0 Å². The lowest BCUT2D eigenvalue weighted by Gasteiger charge is -2.02. The fourth-order valence-electron chi connectivity index (χ4n) is 2.66. The second kappa shape index (κ2) is 7.85. The van der Waals surface area contributed by atoms with Crippen molar-refractivity contribution in [2.24, 2.45) is 4.99 Å². The third-order valence-electron chi connectivity index (χ3n) is 4.00. The highest BCUT2D eigenvalue weighted by atomic mass is 32.2. The van der Waals surface area contributed by atoms with E-state index < -0.39 is 22.0 Å². The number of carbonyl (C=O) groups excluding carboxylic acids is 2. The van der Waals surface area contributed by atoms with Crippen LogP contribution in [0.4, 0.5) is 0 Å². The largest absolute Gasteiger partial charge is 0.465 e. The molecule has 28 heavy (non-hydrogen) atoms. The first-order valence-corrected chi connectivity index (χ1v) is 9.80. The molecule has 1 aliphatic rings. The van der Waals surface area contributed by atoms with Crippen LogP contribution in [-0.4, -0.2) is 39.8 Å². The quantitative estimate of drug-likeness (QED) is 0.722. The topological polar surface area (TPSA) is 124 Å². The minimum atomic E-state index is -3.61. The van der Waals surface area contributed by atoms with Crippen molar-refractivity contribution in [1.29, 1.82) is 0 Å². The molecule has 0 amide bonds. The lowest BCUT2D eigenvalue weighted by molar-refractivity contribution is -0.145. The maximum atomic E-state index is 12.0. The molecule has 10 heteroatoms. The van der Waals surface area contributed by atoms with Crippen LogP contribution < -0.4 is 4.72 Å². The van der Waals surface area contributed by atoms with Gasteiger partial charge in [-0.1, -0.05) is 12.1 Å². The third kappa shape index (κ3) is 4.06. The molecule has 148 valence electrons. The first kappa shape index (κ1) is 19.6. The highest BCUT2D eigenvalue weighted by Crippen LogP contribution is 2.22.